The van der Waals surface area contributed by atoms with E-state index in [1.165, 1.54) is 24.9 Å². The van der Waals surface area contributed by atoms with Crippen molar-refractivity contribution in [2.75, 3.05) is 11.9 Å². The van der Waals surface area contributed by atoms with Crippen LogP contribution in [-0.4, -0.2) is 28.9 Å². The molecule has 1 saturated carbocycles. The van der Waals surface area contributed by atoms with Crippen LogP contribution in [-0.2, 0) is 7.05 Å². The average molecular weight is 208 g/mol. The van der Waals surface area contributed by atoms with Gasteiger partial charge in [-0.3, -0.25) is 4.68 Å². The maximum absolute atomic E-state index is 6.16. The molecule has 2 rings (SSSR count). The summed E-state index contributed by atoms with van der Waals surface area (Å²) in [5.74, 6) is 0. The van der Waals surface area contributed by atoms with Crippen molar-refractivity contribution in [2.45, 2.75) is 37.8 Å². The fourth-order valence-corrected chi connectivity index (χ4v) is 2.40. The monoisotopic (exact) mass is 208 g/mol. The van der Waals surface area contributed by atoms with Crippen LogP contribution in [0.1, 0.15) is 25.7 Å². The summed E-state index contributed by atoms with van der Waals surface area (Å²) in [5.41, 5.74) is 7.32. The standard InChI is InChI=1S/C11H20N4/c1-14-8-9(7-13-14)15(2)11-6-4-3-5-10(11)12/h7-8,10-11H,3-6,12H2,1-2H3/t10-,11-/m0/s1. The molecule has 84 valence electrons. The van der Waals surface area contributed by atoms with Crippen molar-refractivity contribution in [3.05, 3.63) is 12.4 Å². The highest BCUT2D eigenvalue weighted by atomic mass is 15.3. The first-order valence-electron chi connectivity index (χ1n) is 5.65. The molecule has 1 aliphatic rings. The highest BCUT2D eigenvalue weighted by molar-refractivity contribution is 5.43. The SMILES string of the molecule is CN(c1cnn(C)c1)[C@H]1CCCC[C@@H]1N. The van der Waals surface area contributed by atoms with Crippen molar-refractivity contribution in [3.63, 3.8) is 0 Å². The number of nitrogens with two attached hydrogens (primary N) is 1. The van der Waals surface area contributed by atoms with Crippen LogP contribution < -0.4 is 10.6 Å². The number of anilines is 1. The topological polar surface area (TPSA) is 47.1 Å². The summed E-state index contributed by atoms with van der Waals surface area (Å²) in [6.07, 6.45) is 8.87. The molecule has 0 aromatic carbocycles. The molecule has 0 saturated heterocycles. The molecule has 2 atom stereocenters. The maximum atomic E-state index is 6.16. The van der Waals surface area contributed by atoms with Gasteiger partial charge in [-0.2, -0.15) is 5.10 Å². The van der Waals surface area contributed by atoms with E-state index >= 15 is 0 Å². The average Bonchev–Trinajstić information content (AvgIpc) is 2.65. The summed E-state index contributed by atoms with van der Waals surface area (Å²) in [6.45, 7) is 0. The van der Waals surface area contributed by atoms with Gasteiger partial charge in [-0.25, -0.2) is 0 Å². The molecule has 15 heavy (non-hydrogen) atoms. The summed E-state index contributed by atoms with van der Waals surface area (Å²) < 4.78 is 1.83. The van der Waals surface area contributed by atoms with Gasteiger partial charge in [0.2, 0.25) is 0 Å². The lowest BCUT2D eigenvalue weighted by Crippen LogP contribution is -2.48. The minimum absolute atomic E-state index is 0.309. The van der Waals surface area contributed by atoms with Gasteiger partial charge in [0.25, 0.3) is 0 Å². The number of likely N-dealkylation sites (N-methyl/N-ethyl adjacent to an activating group) is 1. The quantitative estimate of drug-likeness (QED) is 0.792. The van der Waals surface area contributed by atoms with E-state index in [0.717, 1.165) is 6.42 Å². The zero-order valence-corrected chi connectivity index (χ0v) is 9.56. The first kappa shape index (κ1) is 10.5. The second-order valence-electron chi connectivity index (χ2n) is 4.50. The second-order valence-corrected chi connectivity index (χ2v) is 4.50. The van der Waals surface area contributed by atoms with E-state index in [1.54, 1.807) is 0 Å². The van der Waals surface area contributed by atoms with E-state index in [9.17, 15) is 0 Å². The van der Waals surface area contributed by atoms with Crippen LogP contribution in [0.15, 0.2) is 12.4 Å². The maximum Gasteiger partial charge on any atom is 0.0752 e. The van der Waals surface area contributed by atoms with Crippen LogP contribution in [0, 0.1) is 0 Å². The van der Waals surface area contributed by atoms with Crippen LogP contribution in [0.3, 0.4) is 0 Å². The zero-order valence-electron chi connectivity index (χ0n) is 9.56. The summed E-state index contributed by atoms with van der Waals surface area (Å²) in [7, 11) is 4.06. The van der Waals surface area contributed by atoms with Gasteiger partial charge in [0.05, 0.1) is 11.9 Å². The normalized spacial score (nSPS) is 26.6. The highest BCUT2D eigenvalue weighted by Crippen LogP contribution is 2.24. The van der Waals surface area contributed by atoms with Crippen molar-refractivity contribution in [1.82, 2.24) is 9.78 Å². The molecule has 0 unspecified atom stereocenters. The molecule has 0 aliphatic heterocycles. The Morgan fingerprint density at radius 3 is 2.80 bits per heavy atom. The van der Waals surface area contributed by atoms with E-state index in [2.05, 4.69) is 17.0 Å². The number of aryl methyl sites for hydroxylation is 1. The van der Waals surface area contributed by atoms with Gasteiger partial charge in [-0.1, -0.05) is 12.8 Å². The molecular weight excluding hydrogens is 188 g/mol. The number of nitrogens with zero attached hydrogens (tertiary/aromatic N) is 3. The smallest absolute Gasteiger partial charge is 0.0752 e. The van der Waals surface area contributed by atoms with Crippen LogP contribution in [0.2, 0.25) is 0 Å². The number of rotatable bonds is 2. The Balaban J connectivity index is 2.09. The number of hydrogen-bond donors (Lipinski definition) is 1. The fraction of sp³-hybridized carbons (Fsp3) is 0.727. The lowest BCUT2D eigenvalue weighted by atomic mass is 9.90. The Morgan fingerprint density at radius 2 is 2.20 bits per heavy atom. The molecule has 1 aromatic heterocycles. The molecular formula is C11H20N4. The fourth-order valence-electron chi connectivity index (χ4n) is 2.40. The van der Waals surface area contributed by atoms with Gasteiger partial charge >= 0.3 is 0 Å². The largest absolute Gasteiger partial charge is 0.368 e. The molecule has 0 spiro atoms. The van der Waals surface area contributed by atoms with Crippen LogP contribution in [0.4, 0.5) is 5.69 Å². The predicted molar refractivity (Wildman–Crippen MR) is 61.8 cm³/mol. The predicted octanol–water partition coefficient (Wildman–Crippen LogP) is 1.13. The first-order valence-corrected chi connectivity index (χ1v) is 5.65. The molecule has 1 aromatic rings. The highest BCUT2D eigenvalue weighted by Gasteiger charge is 2.25. The summed E-state index contributed by atoms with van der Waals surface area (Å²) in [6, 6.07) is 0.784. The van der Waals surface area contributed by atoms with E-state index in [4.69, 9.17) is 5.73 Å². The van der Waals surface area contributed by atoms with Crippen molar-refractivity contribution < 1.29 is 0 Å². The van der Waals surface area contributed by atoms with Crippen LogP contribution in [0.25, 0.3) is 0 Å². The molecule has 4 heteroatoms. The first-order chi connectivity index (χ1) is 7.18. The van der Waals surface area contributed by atoms with E-state index in [-0.39, 0.29) is 0 Å². The van der Waals surface area contributed by atoms with Gasteiger partial charge in [-0.05, 0) is 12.8 Å². The third-order valence-corrected chi connectivity index (χ3v) is 3.38. The van der Waals surface area contributed by atoms with Crippen molar-refractivity contribution in [3.8, 4) is 0 Å². The Kier molecular flexibility index (Phi) is 2.95. The third-order valence-electron chi connectivity index (χ3n) is 3.38. The Bertz CT molecular complexity index is 320. The molecule has 1 heterocycles. The number of hydrogen-bond acceptors (Lipinski definition) is 3. The summed E-state index contributed by atoms with van der Waals surface area (Å²) >= 11 is 0. The molecule has 0 radical (unpaired) electrons. The molecule has 0 amide bonds. The Labute approximate surface area is 91.1 Å². The second kappa shape index (κ2) is 4.23. The van der Waals surface area contributed by atoms with Crippen LogP contribution in [0.5, 0.6) is 0 Å². The van der Waals surface area contributed by atoms with Crippen molar-refractivity contribution in [2.24, 2.45) is 12.8 Å². The third kappa shape index (κ3) is 2.15. The minimum Gasteiger partial charge on any atom is -0.368 e. The number of aromatic nitrogens is 2. The lowest BCUT2D eigenvalue weighted by molar-refractivity contribution is 0.373. The molecule has 1 fully saturated rings. The Hall–Kier alpha value is -1.03. The molecule has 4 nitrogen and oxygen atoms in total. The molecule has 0 bridgehead atoms. The summed E-state index contributed by atoms with van der Waals surface area (Å²) in [4.78, 5) is 2.27. The molecule has 2 N–H and O–H groups in total. The Morgan fingerprint density at radius 1 is 1.47 bits per heavy atom. The van der Waals surface area contributed by atoms with Crippen molar-refractivity contribution >= 4 is 5.69 Å². The molecule has 1 aliphatic carbocycles. The van der Waals surface area contributed by atoms with E-state index < -0.39 is 0 Å². The minimum atomic E-state index is 0.309. The van der Waals surface area contributed by atoms with Crippen molar-refractivity contribution in [1.29, 1.82) is 0 Å². The van der Waals surface area contributed by atoms with Gasteiger partial charge in [0.15, 0.2) is 0 Å². The van der Waals surface area contributed by atoms with Gasteiger partial charge in [-0.15, -0.1) is 0 Å². The van der Waals surface area contributed by atoms with E-state index in [1.807, 2.05) is 24.1 Å². The van der Waals surface area contributed by atoms with Gasteiger partial charge in [0, 0.05) is 32.4 Å². The van der Waals surface area contributed by atoms with E-state index in [0.29, 0.717) is 12.1 Å². The van der Waals surface area contributed by atoms with Gasteiger partial charge < -0.3 is 10.6 Å². The van der Waals surface area contributed by atoms with Crippen LogP contribution >= 0.6 is 0 Å². The zero-order chi connectivity index (χ0) is 10.8. The summed E-state index contributed by atoms with van der Waals surface area (Å²) in [5, 5.41) is 4.19. The lowest BCUT2D eigenvalue weighted by Gasteiger charge is -2.36. The van der Waals surface area contributed by atoms with Gasteiger partial charge in [0.1, 0.15) is 0 Å².